The van der Waals surface area contributed by atoms with Gasteiger partial charge in [0.25, 0.3) is 0 Å². The van der Waals surface area contributed by atoms with E-state index in [2.05, 4.69) is 145 Å². The molecule has 0 heterocycles. The third kappa shape index (κ3) is 11.6. The van der Waals surface area contributed by atoms with E-state index in [1.807, 2.05) is 0 Å². The van der Waals surface area contributed by atoms with Crippen LogP contribution in [0.25, 0.3) is 22.3 Å². The lowest BCUT2D eigenvalue weighted by atomic mass is 9.70. The second-order valence-corrected chi connectivity index (χ2v) is 26.9. The van der Waals surface area contributed by atoms with Gasteiger partial charge in [-0.05, 0) is 105 Å². The van der Waals surface area contributed by atoms with Crippen molar-refractivity contribution in [2.24, 2.45) is 0 Å². The Morgan fingerprint density at radius 2 is 0.667 bits per heavy atom. The Balaban J connectivity index is 1.50. The first-order valence-corrected chi connectivity index (χ1v) is 31.2. The molecule has 0 bridgehead atoms. The van der Waals surface area contributed by atoms with Crippen LogP contribution < -0.4 is 10.4 Å². The number of benzene rings is 4. The summed E-state index contributed by atoms with van der Waals surface area (Å²) in [4.78, 5) is 0. The zero-order chi connectivity index (χ0) is 44.7. The largest absolute Gasteiger partial charge is 0.113 e. The standard InChI is InChI=1S/C60H86Br2Si/c1-7-11-15-19-23-27-41-59(42-28-24-20-16-12-8-2)53-45-47(61)37-39-49(53)51-33-31-35-55(57(51)59)63(5,6)56-36-32-34-52-50-40-38-48(62)46-54(50)60(58(52)56,43-29-25-21-17-13-9-3)44-30-26-22-18-14-10-4/h31-40,45-46H,7-30,41-44H2,1-6H3. The van der Waals surface area contributed by atoms with E-state index < -0.39 is 8.07 Å². The van der Waals surface area contributed by atoms with Crippen molar-refractivity contribution in [3.8, 4) is 22.3 Å². The molecule has 6 rings (SSSR count). The molecule has 4 aromatic rings. The molecule has 0 radical (unpaired) electrons. The van der Waals surface area contributed by atoms with Crippen LogP contribution in [0.15, 0.2) is 81.7 Å². The van der Waals surface area contributed by atoms with Gasteiger partial charge in [0.15, 0.2) is 0 Å². The molecule has 0 N–H and O–H groups in total. The SMILES string of the molecule is CCCCCCCCC1(CCCCCCCC)c2cc(Br)ccc2-c2cccc([Si](C)(C)c3cccc4c3C(CCCCCCCC)(CCCCCCCC)c3cc(Br)ccc3-4)c21. The predicted molar refractivity (Wildman–Crippen MR) is 289 cm³/mol. The molecule has 0 aromatic heterocycles. The van der Waals surface area contributed by atoms with Gasteiger partial charge in [0.2, 0.25) is 0 Å². The molecule has 0 saturated heterocycles. The number of hydrogen-bond acceptors (Lipinski definition) is 0. The van der Waals surface area contributed by atoms with Crippen molar-refractivity contribution in [1.82, 2.24) is 0 Å². The second kappa shape index (κ2) is 24.7. The number of fused-ring (bicyclic) bond motifs is 6. The molecule has 3 heteroatoms. The molecule has 0 saturated carbocycles. The normalized spacial score (nSPS) is 14.5. The Morgan fingerprint density at radius 1 is 0.365 bits per heavy atom. The lowest BCUT2D eigenvalue weighted by Crippen LogP contribution is -2.58. The monoisotopic (exact) mass is 992 g/mol. The average molecular weight is 995 g/mol. The highest BCUT2D eigenvalue weighted by atomic mass is 79.9. The van der Waals surface area contributed by atoms with Crippen molar-refractivity contribution in [1.29, 1.82) is 0 Å². The lowest BCUT2D eigenvalue weighted by molar-refractivity contribution is 0.398. The second-order valence-electron chi connectivity index (χ2n) is 20.7. The molecule has 0 nitrogen and oxygen atoms in total. The smallest absolute Gasteiger partial charge is 0.0654 e. The van der Waals surface area contributed by atoms with Crippen LogP contribution in [0.4, 0.5) is 0 Å². The van der Waals surface area contributed by atoms with E-state index in [1.165, 1.54) is 211 Å². The Labute approximate surface area is 405 Å². The summed E-state index contributed by atoms with van der Waals surface area (Å²) in [6.45, 7) is 14.9. The van der Waals surface area contributed by atoms with E-state index in [0.29, 0.717) is 0 Å². The fourth-order valence-corrected chi connectivity index (χ4v) is 16.5. The van der Waals surface area contributed by atoms with Crippen molar-refractivity contribution in [2.45, 2.75) is 231 Å². The Hall–Kier alpha value is -1.94. The molecule has 63 heavy (non-hydrogen) atoms. The zero-order valence-corrected chi connectivity index (χ0v) is 45.2. The van der Waals surface area contributed by atoms with Gasteiger partial charge in [-0.1, -0.05) is 275 Å². The van der Waals surface area contributed by atoms with Gasteiger partial charge in [-0.2, -0.15) is 0 Å². The van der Waals surface area contributed by atoms with Crippen LogP contribution in [0.3, 0.4) is 0 Å². The van der Waals surface area contributed by atoms with Gasteiger partial charge in [0.05, 0.1) is 0 Å². The maximum atomic E-state index is 4.02. The molecule has 0 amide bonds. The van der Waals surface area contributed by atoms with Crippen LogP contribution in [0.1, 0.15) is 230 Å². The molecule has 0 spiro atoms. The van der Waals surface area contributed by atoms with Crippen LogP contribution in [-0.2, 0) is 10.8 Å². The van der Waals surface area contributed by atoms with Gasteiger partial charge in [-0.25, -0.2) is 0 Å². The van der Waals surface area contributed by atoms with Gasteiger partial charge >= 0.3 is 0 Å². The topological polar surface area (TPSA) is 0 Å². The molecule has 0 aliphatic heterocycles. The summed E-state index contributed by atoms with van der Waals surface area (Å²) in [5.41, 5.74) is 12.9. The highest BCUT2D eigenvalue weighted by molar-refractivity contribution is 9.10. The van der Waals surface area contributed by atoms with Crippen LogP contribution in [-0.4, -0.2) is 8.07 Å². The zero-order valence-electron chi connectivity index (χ0n) is 41.0. The Bertz CT molecular complexity index is 1850. The molecule has 2 aliphatic carbocycles. The maximum Gasteiger partial charge on any atom is 0.113 e. The fourth-order valence-electron chi connectivity index (χ4n) is 12.5. The number of rotatable bonds is 30. The molecular weight excluding hydrogens is 909 g/mol. The van der Waals surface area contributed by atoms with Crippen LogP contribution in [0.5, 0.6) is 0 Å². The summed E-state index contributed by atoms with van der Waals surface area (Å²) in [5.74, 6) is 0. The van der Waals surface area contributed by atoms with E-state index in [0.717, 1.165) is 0 Å². The number of halogens is 2. The summed E-state index contributed by atoms with van der Waals surface area (Å²) in [7, 11) is -2.34. The van der Waals surface area contributed by atoms with Gasteiger partial charge in [-0.15, -0.1) is 0 Å². The first kappa shape index (κ1) is 50.5. The minimum atomic E-state index is -2.34. The average Bonchev–Trinajstić information content (AvgIpc) is 3.71. The Kier molecular flexibility index (Phi) is 19.8. The summed E-state index contributed by atoms with van der Waals surface area (Å²) < 4.78 is 2.47. The first-order valence-electron chi connectivity index (χ1n) is 26.6. The molecular formula is C60H86Br2Si. The van der Waals surface area contributed by atoms with Crippen molar-refractivity contribution in [3.05, 3.63) is 104 Å². The van der Waals surface area contributed by atoms with Gasteiger partial charge in [0, 0.05) is 19.8 Å². The Morgan fingerprint density at radius 3 is 0.984 bits per heavy atom. The quantitative estimate of drug-likeness (QED) is 0.0361. The molecule has 344 valence electrons. The van der Waals surface area contributed by atoms with Crippen molar-refractivity contribution >= 4 is 50.3 Å². The summed E-state index contributed by atoms with van der Waals surface area (Å²) >= 11 is 8.05. The van der Waals surface area contributed by atoms with Crippen LogP contribution >= 0.6 is 31.9 Å². The minimum Gasteiger partial charge on any atom is -0.0654 e. The summed E-state index contributed by atoms with van der Waals surface area (Å²) in [6.07, 6.45) is 37.4. The fraction of sp³-hybridized carbons (Fsp3) is 0.600. The van der Waals surface area contributed by atoms with E-state index >= 15 is 0 Å². The van der Waals surface area contributed by atoms with Gasteiger partial charge in [-0.3, -0.25) is 0 Å². The third-order valence-corrected chi connectivity index (χ3v) is 20.3. The first-order chi connectivity index (χ1) is 30.7. The summed E-state index contributed by atoms with van der Waals surface area (Å²) in [6, 6.07) is 29.9. The third-order valence-electron chi connectivity index (χ3n) is 15.8. The maximum absolute atomic E-state index is 4.02. The minimum absolute atomic E-state index is 0.0463. The highest BCUT2D eigenvalue weighted by Gasteiger charge is 2.50. The van der Waals surface area contributed by atoms with Crippen molar-refractivity contribution in [3.63, 3.8) is 0 Å². The number of unbranched alkanes of at least 4 members (excludes halogenated alkanes) is 20. The van der Waals surface area contributed by atoms with Gasteiger partial charge < -0.3 is 0 Å². The van der Waals surface area contributed by atoms with Crippen molar-refractivity contribution < 1.29 is 0 Å². The van der Waals surface area contributed by atoms with E-state index in [1.54, 1.807) is 32.6 Å². The van der Waals surface area contributed by atoms with Gasteiger partial charge in [0.1, 0.15) is 8.07 Å². The summed E-state index contributed by atoms with van der Waals surface area (Å²) in [5, 5.41) is 3.42. The highest BCUT2D eigenvalue weighted by Crippen LogP contribution is 2.57. The molecule has 0 atom stereocenters. The number of hydrogen-bond donors (Lipinski definition) is 0. The van der Waals surface area contributed by atoms with E-state index in [-0.39, 0.29) is 10.8 Å². The van der Waals surface area contributed by atoms with Crippen LogP contribution in [0, 0.1) is 0 Å². The van der Waals surface area contributed by atoms with Crippen LogP contribution in [0.2, 0.25) is 13.1 Å². The molecule has 0 fully saturated rings. The molecule has 2 aliphatic rings. The lowest BCUT2D eigenvalue weighted by Gasteiger charge is -2.40. The van der Waals surface area contributed by atoms with Crippen molar-refractivity contribution in [2.75, 3.05) is 0 Å². The molecule has 0 unspecified atom stereocenters. The molecule has 4 aromatic carbocycles. The van der Waals surface area contributed by atoms with E-state index in [9.17, 15) is 0 Å². The van der Waals surface area contributed by atoms with E-state index in [4.69, 9.17) is 0 Å². The predicted octanol–water partition coefficient (Wildman–Crippen LogP) is 19.6.